The van der Waals surface area contributed by atoms with Crippen molar-refractivity contribution in [3.8, 4) is 0 Å². The maximum absolute atomic E-state index is 3.78. The highest BCUT2D eigenvalue weighted by Gasteiger charge is 2.24. The maximum Gasteiger partial charge on any atom is 0.155 e. The van der Waals surface area contributed by atoms with Gasteiger partial charge in [-0.25, -0.2) is 9.36 Å². The van der Waals surface area contributed by atoms with Gasteiger partial charge in [0.15, 0.2) is 5.66 Å². The van der Waals surface area contributed by atoms with E-state index in [1.54, 1.807) is 9.36 Å². The summed E-state index contributed by atoms with van der Waals surface area (Å²) >= 11 is 0. The molecule has 0 aromatic carbocycles. The first kappa shape index (κ1) is 7.77. The zero-order valence-corrected chi connectivity index (χ0v) is 7.23. The third-order valence-corrected chi connectivity index (χ3v) is 1.82. The Hall–Kier alpha value is -1.86. The molecule has 0 aliphatic heterocycles. The molecule has 2 heterocycles. The van der Waals surface area contributed by atoms with Gasteiger partial charge in [0.1, 0.15) is 12.7 Å². The van der Waals surface area contributed by atoms with Crippen molar-refractivity contribution in [1.29, 1.82) is 0 Å². The Labute approximate surface area is 73.6 Å². The first-order chi connectivity index (χ1) is 6.21. The first-order valence-electron chi connectivity index (χ1n) is 3.68. The summed E-state index contributed by atoms with van der Waals surface area (Å²) in [5, 5.41) is 21.8. The predicted octanol–water partition coefficient (Wildman–Crippen LogP) is -1.10. The van der Waals surface area contributed by atoms with E-state index in [0.717, 1.165) is 0 Å². The lowest BCUT2D eigenvalue weighted by atomic mass is 10.2. The molecule has 2 rings (SSSR count). The van der Waals surface area contributed by atoms with Gasteiger partial charge in [0.25, 0.3) is 0 Å². The Morgan fingerprint density at radius 3 is 1.69 bits per heavy atom. The van der Waals surface area contributed by atoms with E-state index >= 15 is 0 Å². The second-order valence-corrected chi connectivity index (χ2v) is 3.00. The van der Waals surface area contributed by atoms with E-state index in [4.69, 9.17) is 0 Å². The minimum Gasteiger partial charge on any atom is -0.205 e. The molecule has 2 aromatic rings. The van der Waals surface area contributed by atoms with Crippen molar-refractivity contribution in [3.63, 3.8) is 0 Å². The van der Waals surface area contributed by atoms with E-state index in [-0.39, 0.29) is 0 Å². The summed E-state index contributed by atoms with van der Waals surface area (Å²) in [6.45, 7) is 3.80. The van der Waals surface area contributed by atoms with E-state index in [0.29, 0.717) is 0 Å². The van der Waals surface area contributed by atoms with Crippen LogP contribution in [0.2, 0.25) is 0 Å². The van der Waals surface area contributed by atoms with Gasteiger partial charge in [0.05, 0.1) is 0 Å². The van der Waals surface area contributed by atoms with Gasteiger partial charge in [-0.05, 0) is 34.7 Å². The molecule has 0 aliphatic rings. The summed E-state index contributed by atoms with van der Waals surface area (Å²) < 4.78 is 3.15. The molecule has 0 radical (unpaired) electrons. The van der Waals surface area contributed by atoms with Crippen LogP contribution in [0.25, 0.3) is 0 Å². The normalized spacial score (nSPS) is 11.8. The molecule has 8 nitrogen and oxygen atoms in total. The highest BCUT2D eigenvalue weighted by atomic mass is 15.6. The van der Waals surface area contributed by atoms with Crippen molar-refractivity contribution in [3.05, 3.63) is 12.7 Å². The summed E-state index contributed by atoms with van der Waals surface area (Å²) in [6, 6.07) is 0. The number of aromatic nitrogens is 8. The summed E-state index contributed by atoms with van der Waals surface area (Å²) in [7, 11) is 0. The minimum atomic E-state index is -0.493. The molecule has 0 amide bonds. The van der Waals surface area contributed by atoms with Crippen molar-refractivity contribution in [1.82, 2.24) is 40.4 Å². The smallest absolute Gasteiger partial charge is 0.155 e. The van der Waals surface area contributed by atoms with E-state index in [9.17, 15) is 0 Å². The Morgan fingerprint density at radius 2 is 1.38 bits per heavy atom. The van der Waals surface area contributed by atoms with Gasteiger partial charge in [-0.1, -0.05) is 0 Å². The van der Waals surface area contributed by atoms with E-state index in [1.165, 1.54) is 12.7 Å². The molecule has 68 valence electrons. The predicted molar refractivity (Wildman–Crippen MR) is 40.4 cm³/mol. The molecule has 0 N–H and O–H groups in total. The molecule has 0 spiro atoms. The quantitative estimate of drug-likeness (QED) is 0.583. The zero-order chi connectivity index (χ0) is 9.31. The summed E-state index contributed by atoms with van der Waals surface area (Å²) in [5.74, 6) is 0. The van der Waals surface area contributed by atoms with Gasteiger partial charge >= 0.3 is 0 Å². The Morgan fingerprint density at radius 1 is 0.923 bits per heavy atom. The lowest BCUT2D eigenvalue weighted by Gasteiger charge is -2.22. The third kappa shape index (κ3) is 1.15. The molecule has 0 saturated heterocycles. The fraction of sp³-hybridized carbons (Fsp3) is 0.600. The number of tetrazole rings is 2. The molecule has 0 bridgehead atoms. The summed E-state index contributed by atoms with van der Waals surface area (Å²) in [4.78, 5) is 0. The van der Waals surface area contributed by atoms with Crippen LogP contribution in [0, 0.1) is 0 Å². The van der Waals surface area contributed by atoms with Crippen LogP contribution in [0.5, 0.6) is 0 Å². The Balaban J connectivity index is 2.42. The fourth-order valence-corrected chi connectivity index (χ4v) is 0.929. The van der Waals surface area contributed by atoms with Gasteiger partial charge < -0.3 is 0 Å². The molecule has 13 heavy (non-hydrogen) atoms. The van der Waals surface area contributed by atoms with Crippen LogP contribution in [0.3, 0.4) is 0 Å². The standard InChI is InChI=1S/C5H8N8/c1-5(2,12-3-6-8-10-12)13-4-7-9-11-13/h3-4H,1-2H3. The van der Waals surface area contributed by atoms with Crippen molar-refractivity contribution in [2.75, 3.05) is 0 Å². The van der Waals surface area contributed by atoms with Gasteiger partial charge in [-0.3, -0.25) is 0 Å². The second-order valence-electron chi connectivity index (χ2n) is 3.00. The topological polar surface area (TPSA) is 87.2 Å². The minimum absolute atomic E-state index is 0.493. The summed E-state index contributed by atoms with van der Waals surface area (Å²) in [5.41, 5.74) is -0.493. The van der Waals surface area contributed by atoms with Crippen LogP contribution in [-0.4, -0.2) is 40.4 Å². The highest BCUT2D eigenvalue weighted by molar-refractivity contribution is 4.75. The largest absolute Gasteiger partial charge is 0.205 e. The van der Waals surface area contributed by atoms with E-state index < -0.39 is 5.66 Å². The van der Waals surface area contributed by atoms with Crippen LogP contribution < -0.4 is 0 Å². The highest BCUT2D eigenvalue weighted by Crippen LogP contribution is 2.12. The number of rotatable bonds is 2. The molecule has 0 unspecified atom stereocenters. The number of hydrogen-bond acceptors (Lipinski definition) is 6. The average molecular weight is 180 g/mol. The summed E-state index contributed by atoms with van der Waals surface area (Å²) in [6.07, 6.45) is 3.03. The molecule has 0 atom stereocenters. The van der Waals surface area contributed by atoms with Crippen molar-refractivity contribution in [2.24, 2.45) is 0 Å². The van der Waals surface area contributed by atoms with Gasteiger partial charge in [-0.2, -0.15) is 0 Å². The van der Waals surface area contributed by atoms with Gasteiger partial charge in [0, 0.05) is 0 Å². The van der Waals surface area contributed by atoms with Crippen LogP contribution in [0.15, 0.2) is 12.7 Å². The molecule has 0 saturated carbocycles. The lowest BCUT2D eigenvalue weighted by Crippen LogP contribution is -2.36. The second kappa shape index (κ2) is 2.57. The molecular weight excluding hydrogens is 172 g/mol. The van der Waals surface area contributed by atoms with E-state index in [1.807, 2.05) is 13.8 Å². The average Bonchev–Trinajstić information content (AvgIpc) is 2.78. The lowest BCUT2D eigenvalue weighted by molar-refractivity contribution is 0.226. The van der Waals surface area contributed by atoms with Crippen LogP contribution in [-0.2, 0) is 5.66 Å². The SMILES string of the molecule is CC(C)(n1cnnn1)n1cnnn1. The molecule has 0 aliphatic carbocycles. The van der Waals surface area contributed by atoms with Crippen LogP contribution >= 0.6 is 0 Å². The first-order valence-corrected chi connectivity index (χ1v) is 3.68. The molecule has 8 heteroatoms. The van der Waals surface area contributed by atoms with Crippen molar-refractivity contribution >= 4 is 0 Å². The zero-order valence-electron chi connectivity index (χ0n) is 7.23. The number of hydrogen-bond donors (Lipinski definition) is 0. The molecule has 2 aromatic heterocycles. The number of nitrogens with zero attached hydrogens (tertiary/aromatic N) is 8. The van der Waals surface area contributed by atoms with Gasteiger partial charge in [0.2, 0.25) is 0 Å². The van der Waals surface area contributed by atoms with Gasteiger partial charge in [-0.15, -0.1) is 10.2 Å². The Bertz CT molecular complexity index is 323. The third-order valence-electron chi connectivity index (χ3n) is 1.82. The van der Waals surface area contributed by atoms with Crippen LogP contribution in [0.4, 0.5) is 0 Å². The van der Waals surface area contributed by atoms with Crippen LogP contribution in [0.1, 0.15) is 13.8 Å². The molecular formula is C5H8N8. The van der Waals surface area contributed by atoms with E-state index in [2.05, 4.69) is 31.1 Å². The molecule has 0 fully saturated rings. The van der Waals surface area contributed by atoms with Crippen molar-refractivity contribution < 1.29 is 0 Å². The fourth-order valence-electron chi connectivity index (χ4n) is 0.929. The maximum atomic E-state index is 3.78. The monoisotopic (exact) mass is 180 g/mol. The van der Waals surface area contributed by atoms with Crippen molar-refractivity contribution in [2.45, 2.75) is 19.5 Å². The Kier molecular flexibility index (Phi) is 1.54.